The number of aryl methyl sites for hydroxylation is 1. The van der Waals surface area contributed by atoms with Crippen molar-refractivity contribution < 1.29 is 9.47 Å². The molecule has 5 heteroatoms. The summed E-state index contributed by atoms with van der Waals surface area (Å²) in [5.74, 6) is 1.47. The Hall–Kier alpha value is -2.01. The monoisotopic (exact) mass is 275 g/mol. The maximum Gasteiger partial charge on any atom is 0.161 e. The summed E-state index contributed by atoms with van der Waals surface area (Å²) in [7, 11) is 5.22. The predicted octanol–water partition coefficient (Wildman–Crippen LogP) is 2.31. The SMILES string of the molecule is CCn1cc(-c2cc(OC)c(OC)cc2CNC)cn1. The number of hydrogen-bond acceptors (Lipinski definition) is 4. The first-order chi connectivity index (χ1) is 9.73. The number of hydrogen-bond donors (Lipinski definition) is 1. The van der Waals surface area contributed by atoms with E-state index in [9.17, 15) is 0 Å². The van der Waals surface area contributed by atoms with Crippen LogP contribution in [0.1, 0.15) is 12.5 Å². The lowest BCUT2D eigenvalue weighted by Crippen LogP contribution is -2.07. The maximum absolute atomic E-state index is 5.39. The van der Waals surface area contributed by atoms with Crippen LogP contribution in [-0.4, -0.2) is 31.0 Å². The Bertz CT molecular complexity index is 578. The molecule has 2 rings (SSSR count). The highest BCUT2D eigenvalue weighted by molar-refractivity contribution is 5.70. The van der Waals surface area contributed by atoms with Crippen molar-refractivity contribution in [2.24, 2.45) is 0 Å². The molecule has 1 aromatic carbocycles. The molecule has 1 N–H and O–H groups in total. The fourth-order valence-corrected chi connectivity index (χ4v) is 2.20. The molecule has 5 nitrogen and oxygen atoms in total. The van der Waals surface area contributed by atoms with Gasteiger partial charge in [-0.25, -0.2) is 0 Å². The molecule has 0 radical (unpaired) electrons. The second-order valence-electron chi connectivity index (χ2n) is 4.48. The number of methoxy groups -OCH3 is 2. The number of aromatic nitrogens is 2. The summed E-state index contributed by atoms with van der Waals surface area (Å²) < 4.78 is 12.7. The lowest BCUT2D eigenvalue weighted by atomic mass is 10.0. The van der Waals surface area contributed by atoms with Crippen molar-refractivity contribution in [3.63, 3.8) is 0 Å². The van der Waals surface area contributed by atoms with Gasteiger partial charge >= 0.3 is 0 Å². The van der Waals surface area contributed by atoms with Crippen LogP contribution in [0, 0.1) is 0 Å². The molecular weight excluding hydrogens is 254 g/mol. The van der Waals surface area contributed by atoms with E-state index in [4.69, 9.17) is 9.47 Å². The fourth-order valence-electron chi connectivity index (χ4n) is 2.20. The predicted molar refractivity (Wildman–Crippen MR) is 79.2 cm³/mol. The zero-order valence-electron chi connectivity index (χ0n) is 12.4. The van der Waals surface area contributed by atoms with Gasteiger partial charge in [0, 0.05) is 24.8 Å². The lowest BCUT2D eigenvalue weighted by Gasteiger charge is -2.14. The highest BCUT2D eigenvalue weighted by Crippen LogP contribution is 2.35. The molecule has 0 saturated carbocycles. The van der Waals surface area contributed by atoms with Crippen LogP contribution >= 0.6 is 0 Å². The van der Waals surface area contributed by atoms with Gasteiger partial charge in [0.15, 0.2) is 11.5 Å². The molecule has 0 unspecified atom stereocenters. The van der Waals surface area contributed by atoms with Gasteiger partial charge in [-0.05, 0) is 37.2 Å². The van der Waals surface area contributed by atoms with E-state index in [1.165, 1.54) is 0 Å². The van der Waals surface area contributed by atoms with Crippen molar-refractivity contribution in [1.82, 2.24) is 15.1 Å². The smallest absolute Gasteiger partial charge is 0.161 e. The van der Waals surface area contributed by atoms with Gasteiger partial charge in [0.2, 0.25) is 0 Å². The van der Waals surface area contributed by atoms with Crippen LogP contribution in [0.4, 0.5) is 0 Å². The zero-order valence-corrected chi connectivity index (χ0v) is 12.4. The molecule has 0 fully saturated rings. The Kier molecular flexibility index (Phi) is 4.63. The minimum atomic E-state index is 0.728. The molecule has 0 aliphatic carbocycles. The summed E-state index contributed by atoms with van der Waals surface area (Å²) in [5.41, 5.74) is 3.34. The van der Waals surface area contributed by atoms with Crippen LogP contribution in [0.2, 0.25) is 0 Å². The average Bonchev–Trinajstić information content (AvgIpc) is 2.95. The first kappa shape index (κ1) is 14.4. The molecule has 0 aliphatic rings. The molecule has 20 heavy (non-hydrogen) atoms. The summed E-state index contributed by atoms with van der Waals surface area (Å²) in [6, 6.07) is 4.01. The van der Waals surface area contributed by atoms with Gasteiger partial charge in [-0.1, -0.05) is 0 Å². The van der Waals surface area contributed by atoms with E-state index in [0.29, 0.717) is 0 Å². The molecule has 0 bridgehead atoms. The highest BCUT2D eigenvalue weighted by Gasteiger charge is 2.13. The Balaban J connectivity index is 2.53. The summed E-state index contributed by atoms with van der Waals surface area (Å²) in [6.45, 7) is 3.68. The molecule has 1 heterocycles. The first-order valence-electron chi connectivity index (χ1n) is 6.65. The lowest BCUT2D eigenvalue weighted by molar-refractivity contribution is 0.354. The minimum Gasteiger partial charge on any atom is -0.493 e. The largest absolute Gasteiger partial charge is 0.493 e. The molecule has 0 aliphatic heterocycles. The number of rotatable bonds is 6. The number of nitrogens with one attached hydrogen (secondary N) is 1. The van der Waals surface area contributed by atoms with Crippen molar-refractivity contribution >= 4 is 0 Å². The molecule has 2 aromatic rings. The van der Waals surface area contributed by atoms with Gasteiger partial charge in [0.1, 0.15) is 0 Å². The van der Waals surface area contributed by atoms with Gasteiger partial charge in [-0.3, -0.25) is 4.68 Å². The molecule has 108 valence electrons. The first-order valence-corrected chi connectivity index (χ1v) is 6.65. The summed E-state index contributed by atoms with van der Waals surface area (Å²) in [4.78, 5) is 0. The van der Waals surface area contributed by atoms with Crippen LogP contribution in [0.15, 0.2) is 24.5 Å². The van der Waals surface area contributed by atoms with Crippen LogP contribution in [0.5, 0.6) is 11.5 Å². The van der Waals surface area contributed by atoms with Gasteiger partial charge in [0.25, 0.3) is 0 Å². The Morgan fingerprint density at radius 2 is 1.90 bits per heavy atom. The normalized spacial score (nSPS) is 10.6. The van der Waals surface area contributed by atoms with Crippen LogP contribution in [0.25, 0.3) is 11.1 Å². The Labute approximate surface area is 119 Å². The highest BCUT2D eigenvalue weighted by atomic mass is 16.5. The molecule has 0 spiro atoms. The van der Waals surface area contributed by atoms with E-state index < -0.39 is 0 Å². The van der Waals surface area contributed by atoms with Gasteiger partial charge in [-0.2, -0.15) is 5.10 Å². The Morgan fingerprint density at radius 3 is 2.45 bits per heavy atom. The van der Waals surface area contributed by atoms with E-state index in [1.54, 1.807) is 14.2 Å². The molecule has 0 amide bonds. The van der Waals surface area contributed by atoms with E-state index in [1.807, 2.05) is 36.3 Å². The van der Waals surface area contributed by atoms with Crippen molar-refractivity contribution in [3.8, 4) is 22.6 Å². The summed E-state index contributed by atoms with van der Waals surface area (Å²) in [6.07, 6.45) is 3.92. The standard InChI is InChI=1S/C15H21N3O2/c1-5-18-10-12(9-17-18)13-7-15(20-4)14(19-3)6-11(13)8-16-2/h6-7,9-10,16H,5,8H2,1-4H3. The molecular formula is C15H21N3O2. The molecule has 0 saturated heterocycles. The van der Waals surface area contributed by atoms with Crippen molar-refractivity contribution in [1.29, 1.82) is 0 Å². The third kappa shape index (κ3) is 2.77. The van der Waals surface area contributed by atoms with Crippen LogP contribution < -0.4 is 14.8 Å². The van der Waals surface area contributed by atoms with E-state index in [-0.39, 0.29) is 0 Å². The van der Waals surface area contributed by atoms with Crippen LogP contribution in [0.3, 0.4) is 0 Å². The second-order valence-corrected chi connectivity index (χ2v) is 4.48. The Morgan fingerprint density at radius 1 is 1.20 bits per heavy atom. The summed E-state index contributed by atoms with van der Waals surface area (Å²) >= 11 is 0. The van der Waals surface area contributed by atoms with Gasteiger partial charge in [0.05, 0.1) is 20.4 Å². The number of ether oxygens (including phenoxy) is 2. The summed E-state index contributed by atoms with van der Waals surface area (Å²) in [5, 5.41) is 7.51. The number of benzene rings is 1. The number of nitrogens with zero attached hydrogens (tertiary/aromatic N) is 2. The van der Waals surface area contributed by atoms with Gasteiger partial charge < -0.3 is 14.8 Å². The van der Waals surface area contributed by atoms with Crippen molar-refractivity contribution in [3.05, 3.63) is 30.1 Å². The quantitative estimate of drug-likeness (QED) is 0.879. The topological polar surface area (TPSA) is 48.3 Å². The van der Waals surface area contributed by atoms with E-state index in [0.717, 1.165) is 41.3 Å². The van der Waals surface area contributed by atoms with Crippen molar-refractivity contribution in [2.45, 2.75) is 20.0 Å². The average molecular weight is 275 g/mol. The third-order valence-corrected chi connectivity index (χ3v) is 3.24. The van der Waals surface area contributed by atoms with Crippen molar-refractivity contribution in [2.75, 3.05) is 21.3 Å². The second kappa shape index (κ2) is 6.43. The molecule has 1 aromatic heterocycles. The maximum atomic E-state index is 5.39. The minimum absolute atomic E-state index is 0.728. The zero-order chi connectivity index (χ0) is 14.5. The fraction of sp³-hybridized carbons (Fsp3) is 0.400. The third-order valence-electron chi connectivity index (χ3n) is 3.24. The molecule has 0 atom stereocenters. The van der Waals surface area contributed by atoms with E-state index >= 15 is 0 Å². The van der Waals surface area contributed by atoms with Gasteiger partial charge in [-0.15, -0.1) is 0 Å². The van der Waals surface area contributed by atoms with Crippen LogP contribution in [-0.2, 0) is 13.1 Å². The van der Waals surface area contributed by atoms with E-state index in [2.05, 4.69) is 17.3 Å².